The normalized spacial score (nSPS) is 11.8. The van der Waals surface area contributed by atoms with Crippen LogP contribution >= 0.6 is 11.6 Å². The highest BCUT2D eigenvalue weighted by molar-refractivity contribution is 6.30. The molecule has 0 spiro atoms. The number of hydrogen-bond acceptors (Lipinski definition) is 6. The number of benzene rings is 2. The first-order valence-corrected chi connectivity index (χ1v) is 10.1. The van der Waals surface area contributed by atoms with Gasteiger partial charge in [-0.15, -0.1) is 15.3 Å². The second-order valence-corrected chi connectivity index (χ2v) is 7.12. The van der Waals surface area contributed by atoms with Gasteiger partial charge in [0.05, 0.1) is 6.54 Å². The van der Waals surface area contributed by atoms with Crippen molar-refractivity contribution in [1.82, 2.24) is 25.1 Å². The van der Waals surface area contributed by atoms with E-state index in [2.05, 4.69) is 20.6 Å². The molecule has 1 atom stereocenters. The molecule has 0 fully saturated rings. The minimum Gasteiger partial charge on any atom is -0.481 e. The Balaban J connectivity index is 1.31. The van der Waals surface area contributed by atoms with Gasteiger partial charge in [0, 0.05) is 16.7 Å². The Hall–Kier alpha value is -3.65. The molecule has 2 aromatic carbocycles. The van der Waals surface area contributed by atoms with Gasteiger partial charge in [0.2, 0.25) is 5.88 Å². The molecule has 0 radical (unpaired) electrons. The van der Waals surface area contributed by atoms with E-state index in [1.165, 1.54) is 0 Å². The standard InChI is InChI=1S/C22H20ClN5O3/c1-15(31-18-9-5-8-17(23)14-18)22(29)24-12-13-30-20-11-10-19-25-26-21(28(19)27-20)16-6-3-2-4-7-16/h2-11,14-15H,12-13H2,1H3,(H,24,29). The molecular formula is C22H20ClN5O3. The number of nitrogens with one attached hydrogen (secondary N) is 1. The highest BCUT2D eigenvalue weighted by Crippen LogP contribution is 2.19. The fraction of sp³-hybridized carbons (Fsp3) is 0.182. The molecule has 0 saturated heterocycles. The molecule has 1 amide bonds. The SMILES string of the molecule is CC(Oc1cccc(Cl)c1)C(=O)NCCOc1ccc2nnc(-c3ccccc3)n2n1. The molecule has 2 heterocycles. The Morgan fingerprint density at radius 3 is 2.74 bits per heavy atom. The molecule has 1 unspecified atom stereocenters. The van der Waals surface area contributed by atoms with Crippen molar-refractivity contribution in [3.05, 3.63) is 71.8 Å². The third kappa shape index (κ3) is 5.10. The molecule has 8 nitrogen and oxygen atoms in total. The van der Waals surface area contributed by atoms with Crippen LogP contribution in [0, 0.1) is 0 Å². The van der Waals surface area contributed by atoms with Crippen molar-refractivity contribution in [1.29, 1.82) is 0 Å². The fourth-order valence-corrected chi connectivity index (χ4v) is 3.07. The zero-order valence-electron chi connectivity index (χ0n) is 16.7. The van der Waals surface area contributed by atoms with E-state index in [0.29, 0.717) is 34.7 Å². The number of hydrogen-bond donors (Lipinski definition) is 1. The molecule has 31 heavy (non-hydrogen) atoms. The minimum atomic E-state index is -0.668. The summed E-state index contributed by atoms with van der Waals surface area (Å²) in [5.41, 5.74) is 1.52. The number of aromatic nitrogens is 4. The van der Waals surface area contributed by atoms with Crippen LogP contribution in [0.25, 0.3) is 17.0 Å². The number of fused-ring (bicyclic) bond motifs is 1. The predicted octanol–water partition coefficient (Wildman–Crippen LogP) is 3.41. The number of amides is 1. The Morgan fingerprint density at radius 1 is 1.10 bits per heavy atom. The van der Waals surface area contributed by atoms with Crippen molar-refractivity contribution < 1.29 is 14.3 Å². The van der Waals surface area contributed by atoms with Gasteiger partial charge in [-0.2, -0.15) is 4.52 Å². The Bertz CT molecular complexity index is 1180. The number of halogens is 1. The lowest BCUT2D eigenvalue weighted by Crippen LogP contribution is -2.38. The summed E-state index contributed by atoms with van der Waals surface area (Å²) in [5.74, 6) is 1.31. The van der Waals surface area contributed by atoms with Gasteiger partial charge in [0.1, 0.15) is 12.4 Å². The summed E-state index contributed by atoms with van der Waals surface area (Å²) in [4.78, 5) is 12.2. The van der Waals surface area contributed by atoms with Crippen molar-refractivity contribution in [2.45, 2.75) is 13.0 Å². The van der Waals surface area contributed by atoms with Crippen LogP contribution in [0.1, 0.15) is 6.92 Å². The van der Waals surface area contributed by atoms with E-state index in [4.69, 9.17) is 21.1 Å². The van der Waals surface area contributed by atoms with Crippen molar-refractivity contribution >= 4 is 23.2 Å². The van der Waals surface area contributed by atoms with Crippen LogP contribution in [-0.2, 0) is 4.79 Å². The second-order valence-electron chi connectivity index (χ2n) is 6.69. The van der Waals surface area contributed by atoms with E-state index in [-0.39, 0.29) is 12.5 Å². The van der Waals surface area contributed by atoms with Gasteiger partial charge in [0.25, 0.3) is 5.91 Å². The van der Waals surface area contributed by atoms with Crippen LogP contribution < -0.4 is 14.8 Å². The van der Waals surface area contributed by atoms with E-state index >= 15 is 0 Å². The van der Waals surface area contributed by atoms with Gasteiger partial charge in [-0.3, -0.25) is 4.79 Å². The van der Waals surface area contributed by atoms with Crippen molar-refractivity contribution in [3.8, 4) is 23.0 Å². The molecule has 0 bridgehead atoms. The third-order valence-corrected chi connectivity index (χ3v) is 4.63. The van der Waals surface area contributed by atoms with Crippen LogP contribution in [0.5, 0.6) is 11.6 Å². The van der Waals surface area contributed by atoms with Gasteiger partial charge in [-0.25, -0.2) is 0 Å². The molecule has 0 aliphatic carbocycles. The van der Waals surface area contributed by atoms with Gasteiger partial charge in [-0.1, -0.05) is 48.0 Å². The monoisotopic (exact) mass is 437 g/mol. The lowest BCUT2D eigenvalue weighted by Gasteiger charge is -2.15. The van der Waals surface area contributed by atoms with Crippen molar-refractivity contribution in [3.63, 3.8) is 0 Å². The smallest absolute Gasteiger partial charge is 0.260 e. The van der Waals surface area contributed by atoms with E-state index in [9.17, 15) is 4.79 Å². The minimum absolute atomic E-state index is 0.247. The van der Waals surface area contributed by atoms with Crippen molar-refractivity contribution in [2.24, 2.45) is 0 Å². The first-order chi connectivity index (χ1) is 15.1. The van der Waals surface area contributed by atoms with Crippen LogP contribution in [0.15, 0.2) is 66.7 Å². The number of carbonyl (C=O) groups is 1. The fourth-order valence-electron chi connectivity index (χ4n) is 2.89. The third-order valence-electron chi connectivity index (χ3n) is 4.40. The molecule has 9 heteroatoms. The highest BCUT2D eigenvalue weighted by atomic mass is 35.5. The number of rotatable bonds is 8. The number of ether oxygens (including phenoxy) is 2. The zero-order chi connectivity index (χ0) is 21.6. The highest BCUT2D eigenvalue weighted by Gasteiger charge is 2.14. The molecule has 158 valence electrons. The van der Waals surface area contributed by atoms with Crippen molar-refractivity contribution in [2.75, 3.05) is 13.2 Å². The van der Waals surface area contributed by atoms with Gasteiger partial charge in [0.15, 0.2) is 17.6 Å². The average molecular weight is 438 g/mol. The topological polar surface area (TPSA) is 90.6 Å². The van der Waals surface area contributed by atoms with Gasteiger partial charge >= 0.3 is 0 Å². The maximum Gasteiger partial charge on any atom is 0.260 e. The van der Waals surface area contributed by atoms with E-state index in [1.54, 1.807) is 47.8 Å². The van der Waals surface area contributed by atoms with E-state index < -0.39 is 6.10 Å². The zero-order valence-corrected chi connectivity index (χ0v) is 17.5. The number of carbonyl (C=O) groups excluding carboxylic acids is 1. The van der Waals surface area contributed by atoms with E-state index in [1.807, 2.05) is 30.3 Å². The Labute approximate surface area is 183 Å². The predicted molar refractivity (Wildman–Crippen MR) is 116 cm³/mol. The van der Waals surface area contributed by atoms with Crippen LogP contribution in [0.3, 0.4) is 0 Å². The summed E-state index contributed by atoms with van der Waals surface area (Å²) in [7, 11) is 0. The molecule has 0 saturated carbocycles. The summed E-state index contributed by atoms with van der Waals surface area (Å²) in [5, 5.41) is 16.1. The van der Waals surface area contributed by atoms with Gasteiger partial charge in [-0.05, 0) is 31.2 Å². The largest absolute Gasteiger partial charge is 0.481 e. The molecule has 0 aliphatic heterocycles. The molecule has 4 aromatic rings. The second kappa shape index (κ2) is 9.44. The Kier molecular flexibility index (Phi) is 6.28. The first kappa shape index (κ1) is 20.6. The quantitative estimate of drug-likeness (QED) is 0.425. The summed E-state index contributed by atoms with van der Waals surface area (Å²) < 4.78 is 12.9. The van der Waals surface area contributed by atoms with Crippen LogP contribution in [-0.4, -0.2) is 45.0 Å². The molecule has 4 rings (SSSR count). The maximum absolute atomic E-state index is 12.2. The Morgan fingerprint density at radius 2 is 1.94 bits per heavy atom. The lowest BCUT2D eigenvalue weighted by atomic mass is 10.2. The summed E-state index contributed by atoms with van der Waals surface area (Å²) in [6.45, 7) is 2.22. The molecular weight excluding hydrogens is 418 g/mol. The first-order valence-electron chi connectivity index (χ1n) is 9.71. The lowest BCUT2D eigenvalue weighted by molar-refractivity contribution is -0.127. The van der Waals surface area contributed by atoms with Gasteiger partial charge < -0.3 is 14.8 Å². The summed E-state index contributed by atoms with van der Waals surface area (Å²) in [6, 6.07) is 20.1. The van der Waals surface area contributed by atoms with Crippen LogP contribution in [0.2, 0.25) is 5.02 Å². The molecule has 1 N–H and O–H groups in total. The average Bonchev–Trinajstić information content (AvgIpc) is 3.20. The summed E-state index contributed by atoms with van der Waals surface area (Å²) >= 11 is 5.93. The van der Waals surface area contributed by atoms with E-state index in [0.717, 1.165) is 5.56 Å². The molecule has 2 aromatic heterocycles. The van der Waals surface area contributed by atoms with Crippen LogP contribution in [0.4, 0.5) is 0 Å². The summed E-state index contributed by atoms with van der Waals surface area (Å²) in [6.07, 6.45) is -0.668. The maximum atomic E-state index is 12.2. The molecule has 0 aliphatic rings. The number of nitrogens with zero attached hydrogens (tertiary/aromatic N) is 4.